The van der Waals surface area contributed by atoms with Crippen molar-refractivity contribution < 1.29 is 5.21 Å². The first kappa shape index (κ1) is 14.3. The van der Waals surface area contributed by atoms with E-state index in [0.717, 1.165) is 13.0 Å². The monoisotopic (exact) mass is 242 g/mol. The lowest BCUT2D eigenvalue weighted by molar-refractivity contribution is 0.0571. The summed E-state index contributed by atoms with van der Waals surface area (Å²) in [6.07, 6.45) is 5.42. The van der Waals surface area contributed by atoms with E-state index in [-0.39, 0.29) is 0 Å². The second kappa shape index (κ2) is 6.21. The average Bonchev–Trinajstić information content (AvgIpc) is 2.25. The van der Waals surface area contributed by atoms with Gasteiger partial charge in [0.1, 0.15) is 5.84 Å². The van der Waals surface area contributed by atoms with Crippen molar-refractivity contribution >= 4 is 5.84 Å². The quantitative estimate of drug-likeness (QED) is 0.269. The zero-order valence-corrected chi connectivity index (χ0v) is 11.2. The van der Waals surface area contributed by atoms with Gasteiger partial charge in [0.2, 0.25) is 0 Å². The van der Waals surface area contributed by atoms with Crippen molar-refractivity contribution in [2.75, 3.05) is 20.6 Å². The van der Waals surface area contributed by atoms with Crippen LogP contribution in [-0.2, 0) is 0 Å². The Bertz CT molecular complexity index is 261. The van der Waals surface area contributed by atoms with Gasteiger partial charge in [0.25, 0.3) is 0 Å². The Morgan fingerprint density at radius 3 is 2.53 bits per heavy atom. The van der Waals surface area contributed by atoms with Crippen molar-refractivity contribution in [3.63, 3.8) is 0 Å². The van der Waals surface area contributed by atoms with E-state index < -0.39 is 0 Å². The van der Waals surface area contributed by atoms with Crippen molar-refractivity contribution in [3.05, 3.63) is 0 Å². The predicted molar refractivity (Wildman–Crippen MR) is 70.4 cm³/mol. The summed E-state index contributed by atoms with van der Waals surface area (Å²) in [4.78, 5) is 2.32. The van der Waals surface area contributed by atoms with Crippen molar-refractivity contribution in [3.8, 4) is 0 Å². The maximum Gasteiger partial charge on any atom is 0.140 e. The molecule has 17 heavy (non-hydrogen) atoms. The predicted octanol–water partition coefficient (Wildman–Crippen LogP) is 0.975. The molecule has 1 saturated carbocycles. The Labute approximate surface area is 104 Å². The lowest BCUT2D eigenvalue weighted by Gasteiger charge is -2.48. The molecule has 1 atom stereocenters. The van der Waals surface area contributed by atoms with Gasteiger partial charge in [-0.05, 0) is 39.8 Å². The van der Waals surface area contributed by atoms with E-state index >= 15 is 0 Å². The largest absolute Gasteiger partial charge is 0.409 e. The number of likely N-dealkylation sites (N-methyl/N-ethyl adjacent to an activating group) is 1. The Kier molecular flexibility index (Phi) is 5.21. The van der Waals surface area contributed by atoms with Gasteiger partial charge in [0, 0.05) is 24.5 Å². The summed E-state index contributed by atoms with van der Waals surface area (Å²) in [7, 11) is 4.29. The molecule has 0 aromatic carbocycles. The molecule has 0 amide bonds. The van der Waals surface area contributed by atoms with Crippen LogP contribution in [0.1, 0.15) is 39.0 Å². The highest BCUT2D eigenvalue weighted by Crippen LogP contribution is 2.35. The third-order valence-electron chi connectivity index (χ3n) is 4.03. The molecule has 0 aromatic heterocycles. The summed E-state index contributed by atoms with van der Waals surface area (Å²) < 4.78 is 0. The van der Waals surface area contributed by atoms with Gasteiger partial charge in [-0.15, -0.1) is 0 Å². The molecule has 1 unspecified atom stereocenters. The number of nitrogens with zero attached hydrogens (tertiary/aromatic N) is 2. The normalized spacial score (nSPS) is 21.3. The van der Waals surface area contributed by atoms with E-state index in [1.165, 1.54) is 19.3 Å². The highest BCUT2D eigenvalue weighted by atomic mass is 16.4. The molecule has 0 spiro atoms. The number of oxime groups is 1. The van der Waals surface area contributed by atoms with Crippen LogP contribution in [0.5, 0.6) is 0 Å². The molecule has 100 valence electrons. The van der Waals surface area contributed by atoms with Crippen LogP contribution >= 0.6 is 0 Å². The van der Waals surface area contributed by atoms with Crippen molar-refractivity contribution in [1.82, 2.24) is 10.2 Å². The highest BCUT2D eigenvalue weighted by Gasteiger charge is 2.38. The second-order valence-corrected chi connectivity index (χ2v) is 5.25. The SMILES string of the molecule is CCC(CC(N)=NO)NCC1(N(C)C)CCC1. The van der Waals surface area contributed by atoms with Gasteiger partial charge in [0.05, 0.1) is 0 Å². The first-order valence-corrected chi connectivity index (χ1v) is 6.41. The van der Waals surface area contributed by atoms with E-state index in [1.807, 2.05) is 0 Å². The maximum atomic E-state index is 8.58. The van der Waals surface area contributed by atoms with Gasteiger partial charge < -0.3 is 21.2 Å². The second-order valence-electron chi connectivity index (χ2n) is 5.25. The molecule has 5 heteroatoms. The number of hydrogen-bond donors (Lipinski definition) is 3. The average molecular weight is 242 g/mol. The number of nitrogens with two attached hydrogens (primary N) is 1. The maximum absolute atomic E-state index is 8.58. The van der Waals surface area contributed by atoms with Gasteiger partial charge >= 0.3 is 0 Å². The fraction of sp³-hybridized carbons (Fsp3) is 0.917. The minimum Gasteiger partial charge on any atom is -0.409 e. The number of amidine groups is 1. The number of nitrogens with one attached hydrogen (secondary N) is 1. The molecule has 5 nitrogen and oxygen atoms in total. The number of rotatable bonds is 7. The summed E-state index contributed by atoms with van der Waals surface area (Å²) >= 11 is 0. The lowest BCUT2D eigenvalue weighted by atomic mass is 9.75. The standard InChI is InChI=1S/C12H26N4O/c1-4-10(8-11(13)15-17)14-9-12(16(2)3)6-5-7-12/h10,14,17H,4-9H2,1-3H3,(H2,13,15). The summed E-state index contributed by atoms with van der Waals surface area (Å²) in [5.74, 6) is 0.303. The van der Waals surface area contributed by atoms with Gasteiger partial charge in [-0.3, -0.25) is 0 Å². The molecule has 1 aliphatic rings. The van der Waals surface area contributed by atoms with Gasteiger partial charge in [-0.25, -0.2) is 0 Å². The molecule has 0 aliphatic heterocycles. The van der Waals surface area contributed by atoms with Crippen LogP contribution in [0.25, 0.3) is 0 Å². The molecule has 0 aromatic rings. The first-order valence-electron chi connectivity index (χ1n) is 6.41. The Balaban J connectivity index is 2.41. The first-order chi connectivity index (χ1) is 8.04. The van der Waals surface area contributed by atoms with E-state index in [1.54, 1.807) is 0 Å². The Morgan fingerprint density at radius 2 is 2.18 bits per heavy atom. The highest BCUT2D eigenvalue weighted by molar-refractivity contribution is 5.80. The molecule has 1 fully saturated rings. The molecular weight excluding hydrogens is 216 g/mol. The molecule has 0 saturated heterocycles. The molecule has 1 aliphatic carbocycles. The van der Waals surface area contributed by atoms with Crippen LogP contribution in [0.4, 0.5) is 0 Å². The third kappa shape index (κ3) is 3.57. The fourth-order valence-electron chi connectivity index (χ4n) is 2.36. The minimum atomic E-state index is 0.295. The van der Waals surface area contributed by atoms with Crippen LogP contribution in [0.15, 0.2) is 5.16 Å². The summed E-state index contributed by atoms with van der Waals surface area (Å²) in [5, 5.41) is 15.2. The molecule has 4 N–H and O–H groups in total. The van der Waals surface area contributed by atoms with Crippen molar-refractivity contribution in [2.24, 2.45) is 10.9 Å². The van der Waals surface area contributed by atoms with Crippen LogP contribution in [0, 0.1) is 0 Å². The Hall–Kier alpha value is -0.810. The van der Waals surface area contributed by atoms with Gasteiger partial charge in [-0.2, -0.15) is 0 Å². The molecule has 0 heterocycles. The van der Waals surface area contributed by atoms with E-state index in [0.29, 0.717) is 23.8 Å². The van der Waals surface area contributed by atoms with Crippen molar-refractivity contribution in [1.29, 1.82) is 0 Å². The van der Waals surface area contributed by atoms with E-state index in [4.69, 9.17) is 10.9 Å². The van der Waals surface area contributed by atoms with Crippen LogP contribution < -0.4 is 11.1 Å². The molecule has 1 rings (SSSR count). The summed E-state index contributed by atoms with van der Waals surface area (Å²) in [6, 6.07) is 0.295. The van der Waals surface area contributed by atoms with Crippen molar-refractivity contribution in [2.45, 2.75) is 50.6 Å². The summed E-state index contributed by atoms with van der Waals surface area (Å²) in [6.45, 7) is 3.10. The summed E-state index contributed by atoms with van der Waals surface area (Å²) in [5.41, 5.74) is 5.86. The lowest BCUT2D eigenvalue weighted by Crippen LogP contribution is -2.57. The molecular formula is C12H26N4O. The zero-order valence-electron chi connectivity index (χ0n) is 11.2. The molecule has 0 bridgehead atoms. The zero-order chi connectivity index (χ0) is 12.9. The van der Waals surface area contributed by atoms with E-state index in [2.05, 4.69) is 36.4 Å². The van der Waals surface area contributed by atoms with Crippen LogP contribution in [-0.4, -0.2) is 48.2 Å². The van der Waals surface area contributed by atoms with Crippen LogP contribution in [0.2, 0.25) is 0 Å². The fourth-order valence-corrected chi connectivity index (χ4v) is 2.36. The van der Waals surface area contributed by atoms with Gasteiger partial charge in [-0.1, -0.05) is 12.1 Å². The van der Waals surface area contributed by atoms with Gasteiger partial charge in [0.15, 0.2) is 0 Å². The molecule has 0 radical (unpaired) electrons. The number of hydrogen-bond acceptors (Lipinski definition) is 4. The Morgan fingerprint density at radius 1 is 1.53 bits per heavy atom. The van der Waals surface area contributed by atoms with Crippen LogP contribution in [0.3, 0.4) is 0 Å². The smallest absolute Gasteiger partial charge is 0.140 e. The topological polar surface area (TPSA) is 73.9 Å². The third-order valence-corrected chi connectivity index (χ3v) is 4.03. The van der Waals surface area contributed by atoms with E-state index in [9.17, 15) is 0 Å². The minimum absolute atomic E-state index is 0.295.